The fraction of sp³-hybridized carbons (Fsp3) is 0.667. The van der Waals surface area contributed by atoms with Gasteiger partial charge in [0.15, 0.2) is 0 Å². The van der Waals surface area contributed by atoms with Crippen molar-refractivity contribution in [1.29, 1.82) is 0 Å². The van der Waals surface area contributed by atoms with Gasteiger partial charge in [-0.15, -0.1) is 0 Å². The SMILES string of the molecule is OC1CCCN(Cc2ccc(OCCN3CCCC3)cc2)C1. The van der Waals surface area contributed by atoms with Crippen molar-refractivity contribution in [2.75, 3.05) is 39.3 Å². The van der Waals surface area contributed by atoms with Crippen LogP contribution in [0.15, 0.2) is 24.3 Å². The average molecular weight is 304 g/mol. The van der Waals surface area contributed by atoms with Gasteiger partial charge < -0.3 is 9.84 Å². The summed E-state index contributed by atoms with van der Waals surface area (Å²) in [4.78, 5) is 4.80. The van der Waals surface area contributed by atoms with Crippen LogP contribution in [0.3, 0.4) is 0 Å². The third-order valence-corrected chi connectivity index (χ3v) is 4.69. The Hall–Kier alpha value is -1.10. The fourth-order valence-electron chi connectivity index (χ4n) is 3.42. The maximum absolute atomic E-state index is 9.72. The molecule has 1 atom stereocenters. The molecule has 1 aromatic carbocycles. The molecule has 4 nitrogen and oxygen atoms in total. The topological polar surface area (TPSA) is 35.9 Å². The van der Waals surface area contributed by atoms with E-state index in [1.165, 1.54) is 31.5 Å². The second-order valence-electron chi connectivity index (χ2n) is 6.57. The molecule has 22 heavy (non-hydrogen) atoms. The zero-order valence-electron chi connectivity index (χ0n) is 13.4. The fourth-order valence-corrected chi connectivity index (χ4v) is 3.42. The van der Waals surface area contributed by atoms with E-state index < -0.39 is 0 Å². The molecule has 0 aliphatic carbocycles. The molecule has 2 saturated heterocycles. The van der Waals surface area contributed by atoms with Gasteiger partial charge >= 0.3 is 0 Å². The van der Waals surface area contributed by atoms with Crippen LogP contribution in [-0.4, -0.2) is 60.3 Å². The summed E-state index contributed by atoms with van der Waals surface area (Å²) >= 11 is 0. The van der Waals surface area contributed by atoms with Crippen LogP contribution in [0, 0.1) is 0 Å². The van der Waals surface area contributed by atoms with Crippen LogP contribution >= 0.6 is 0 Å². The number of likely N-dealkylation sites (tertiary alicyclic amines) is 2. The number of nitrogens with zero attached hydrogens (tertiary/aromatic N) is 2. The number of hydrogen-bond acceptors (Lipinski definition) is 4. The van der Waals surface area contributed by atoms with Gasteiger partial charge in [-0.3, -0.25) is 9.80 Å². The lowest BCUT2D eigenvalue weighted by Gasteiger charge is -2.29. The molecule has 0 spiro atoms. The van der Waals surface area contributed by atoms with Crippen molar-refractivity contribution < 1.29 is 9.84 Å². The maximum atomic E-state index is 9.72. The largest absolute Gasteiger partial charge is 0.492 e. The number of aliphatic hydroxyl groups excluding tert-OH is 1. The van der Waals surface area contributed by atoms with E-state index in [1.807, 2.05) is 0 Å². The first kappa shape index (κ1) is 15.8. The van der Waals surface area contributed by atoms with Crippen LogP contribution < -0.4 is 4.74 Å². The Morgan fingerprint density at radius 2 is 1.73 bits per heavy atom. The lowest BCUT2D eigenvalue weighted by molar-refractivity contribution is 0.0668. The Morgan fingerprint density at radius 3 is 2.45 bits per heavy atom. The van der Waals surface area contributed by atoms with Gasteiger partial charge in [-0.1, -0.05) is 12.1 Å². The van der Waals surface area contributed by atoms with Crippen LogP contribution in [0.4, 0.5) is 0 Å². The number of benzene rings is 1. The molecule has 122 valence electrons. The molecular weight excluding hydrogens is 276 g/mol. The highest BCUT2D eigenvalue weighted by Crippen LogP contribution is 2.17. The minimum Gasteiger partial charge on any atom is -0.492 e. The number of piperidine rings is 1. The monoisotopic (exact) mass is 304 g/mol. The number of β-amino-alcohol motifs (C(OH)–C–C–N with tert-alkyl or cyclic N) is 1. The van der Waals surface area contributed by atoms with E-state index in [-0.39, 0.29) is 6.10 Å². The first-order chi connectivity index (χ1) is 10.8. The van der Waals surface area contributed by atoms with E-state index in [2.05, 4.69) is 34.1 Å². The predicted molar refractivity (Wildman–Crippen MR) is 88.1 cm³/mol. The summed E-state index contributed by atoms with van der Waals surface area (Å²) in [6, 6.07) is 8.43. The standard InChI is InChI=1S/C18H28N2O2/c21-17-4-3-11-20(15-17)14-16-5-7-18(8-6-16)22-13-12-19-9-1-2-10-19/h5-8,17,21H,1-4,9-15H2. The third kappa shape index (κ3) is 4.70. The first-order valence-corrected chi connectivity index (χ1v) is 8.64. The molecule has 1 aromatic rings. The summed E-state index contributed by atoms with van der Waals surface area (Å²) in [5.41, 5.74) is 1.29. The molecular formula is C18H28N2O2. The summed E-state index contributed by atoms with van der Waals surface area (Å²) in [6.45, 7) is 7.07. The van der Waals surface area contributed by atoms with E-state index in [9.17, 15) is 5.11 Å². The Bertz CT molecular complexity index is 443. The molecule has 0 saturated carbocycles. The molecule has 0 bridgehead atoms. The summed E-state index contributed by atoms with van der Waals surface area (Å²) in [7, 11) is 0. The van der Waals surface area contributed by atoms with Crippen LogP contribution in [0.5, 0.6) is 5.75 Å². The van der Waals surface area contributed by atoms with E-state index in [4.69, 9.17) is 4.74 Å². The molecule has 2 heterocycles. The summed E-state index contributed by atoms with van der Waals surface area (Å²) in [5, 5.41) is 9.72. The van der Waals surface area contributed by atoms with E-state index in [0.29, 0.717) is 0 Å². The van der Waals surface area contributed by atoms with Gasteiger partial charge in [-0.25, -0.2) is 0 Å². The molecule has 0 amide bonds. The first-order valence-electron chi connectivity index (χ1n) is 8.64. The minimum absolute atomic E-state index is 0.151. The summed E-state index contributed by atoms with van der Waals surface area (Å²) in [6.07, 6.45) is 4.56. The lowest BCUT2D eigenvalue weighted by atomic mass is 10.1. The molecule has 0 radical (unpaired) electrons. The number of ether oxygens (including phenoxy) is 1. The minimum atomic E-state index is -0.151. The van der Waals surface area contributed by atoms with Gasteiger partial charge in [0.25, 0.3) is 0 Å². The normalized spacial score (nSPS) is 23.8. The number of aliphatic hydroxyl groups is 1. The predicted octanol–water partition coefficient (Wildman–Crippen LogP) is 2.12. The zero-order chi connectivity index (χ0) is 15.2. The lowest BCUT2D eigenvalue weighted by Crippen LogP contribution is -2.37. The highest BCUT2D eigenvalue weighted by Gasteiger charge is 2.17. The van der Waals surface area contributed by atoms with E-state index >= 15 is 0 Å². The van der Waals surface area contributed by atoms with Crippen LogP contribution in [-0.2, 0) is 6.54 Å². The molecule has 2 fully saturated rings. The Labute approximate surface area is 133 Å². The Kier molecular flexibility index (Phi) is 5.70. The second kappa shape index (κ2) is 7.95. The van der Waals surface area contributed by atoms with Gasteiger partial charge in [0.1, 0.15) is 12.4 Å². The quantitative estimate of drug-likeness (QED) is 0.873. The maximum Gasteiger partial charge on any atom is 0.119 e. The van der Waals surface area contributed by atoms with Crippen LogP contribution in [0.1, 0.15) is 31.2 Å². The van der Waals surface area contributed by atoms with Crippen LogP contribution in [0.25, 0.3) is 0 Å². The van der Waals surface area contributed by atoms with Crippen molar-refractivity contribution in [2.45, 2.75) is 38.3 Å². The van der Waals surface area contributed by atoms with Gasteiger partial charge in [-0.05, 0) is 63.0 Å². The Morgan fingerprint density at radius 1 is 1.00 bits per heavy atom. The highest BCUT2D eigenvalue weighted by molar-refractivity contribution is 5.27. The molecule has 3 rings (SSSR count). The molecule has 2 aliphatic rings. The van der Waals surface area contributed by atoms with Crippen molar-refractivity contribution in [2.24, 2.45) is 0 Å². The smallest absolute Gasteiger partial charge is 0.119 e. The van der Waals surface area contributed by atoms with Crippen molar-refractivity contribution in [3.63, 3.8) is 0 Å². The van der Waals surface area contributed by atoms with Gasteiger partial charge in [0.05, 0.1) is 6.10 Å². The highest BCUT2D eigenvalue weighted by atomic mass is 16.5. The van der Waals surface area contributed by atoms with Crippen molar-refractivity contribution in [1.82, 2.24) is 9.80 Å². The Balaban J connectivity index is 1.41. The van der Waals surface area contributed by atoms with Gasteiger partial charge in [0, 0.05) is 19.6 Å². The van der Waals surface area contributed by atoms with Crippen molar-refractivity contribution >= 4 is 0 Å². The molecule has 1 N–H and O–H groups in total. The molecule has 4 heteroatoms. The molecule has 2 aliphatic heterocycles. The molecule has 0 aromatic heterocycles. The van der Waals surface area contributed by atoms with Crippen molar-refractivity contribution in [3.8, 4) is 5.75 Å². The summed E-state index contributed by atoms with van der Waals surface area (Å²) < 4.78 is 5.83. The number of hydrogen-bond donors (Lipinski definition) is 1. The zero-order valence-corrected chi connectivity index (χ0v) is 13.4. The van der Waals surface area contributed by atoms with E-state index in [0.717, 1.165) is 51.4 Å². The third-order valence-electron chi connectivity index (χ3n) is 4.69. The average Bonchev–Trinajstić information content (AvgIpc) is 3.02. The van der Waals surface area contributed by atoms with E-state index in [1.54, 1.807) is 0 Å². The van der Waals surface area contributed by atoms with Crippen LogP contribution in [0.2, 0.25) is 0 Å². The second-order valence-corrected chi connectivity index (χ2v) is 6.57. The molecule has 1 unspecified atom stereocenters. The number of rotatable bonds is 6. The van der Waals surface area contributed by atoms with Crippen molar-refractivity contribution in [3.05, 3.63) is 29.8 Å². The van der Waals surface area contributed by atoms with Gasteiger partial charge in [-0.2, -0.15) is 0 Å². The summed E-state index contributed by atoms with van der Waals surface area (Å²) in [5.74, 6) is 0.960. The van der Waals surface area contributed by atoms with Gasteiger partial charge in [0.2, 0.25) is 0 Å².